The average Bonchev–Trinajstić information content (AvgIpc) is 4.58. The van der Waals surface area contributed by atoms with Crippen LogP contribution in [0.2, 0.25) is 0 Å². The number of cyclic esters (lactones) is 4. The molecule has 46 heteroatoms. The fourth-order valence-electron chi connectivity index (χ4n) is 7.83. The Labute approximate surface area is 481 Å². The van der Waals surface area contributed by atoms with E-state index in [1.807, 2.05) is 0 Å². The van der Waals surface area contributed by atoms with Crippen LogP contribution in [0.3, 0.4) is 0 Å². The highest BCUT2D eigenvalue weighted by molar-refractivity contribution is 5.87. The minimum Gasteiger partial charge on any atom is -0.479 e. The van der Waals surface area contributed by atoms with Crippen molar-refractivity contribution < 1.29 is 227 Å². The van der Waals surface area contributed by atoms with Gasteiger partial charge in [0.15, 0.2) is 146 Å². The number of fused-ring (bicyclic) bond motifs is 3. The van der Waals surface area contributed by atoms with E-state index in [1.54, 1.807) is 0 Å². The van der Waals surface area contributed by atoms with Crippen molar-refractivity contribution in [1.82, 2.24) is 0 Å². The number of carboxylic acids is 4. The Hall–Kier alpha value is -8.14. The standard InChI is InChI=1S/4C6H8O7.3C6H6O6/c4*7-1-2(8)6(12)13-4(1)3(9)5(10)11;3*7-1-3-4(12-5(1)9)2(8)6(10)11-3/h4*1-4,7-9H,(H,10,11);3*1-4,7-8H/t1-,2+,3-,4-;1-,2-,3+,4+;1-,2-,3+,4-;1-,2-,3-,4-;1-,2+,3-,4-;1-,2-,3+,4+;1-,2-,3-,4-/m1000100/s1. The smallest absolute Gasteiger partial charge is 0.339 e. The number of rotatable bonds is 8. The van der Waals surface area contributed by atoms with E-state index >= 15 is 0 Å². The zero-order valence-corrected chi connectivity index (χ0v) is 42.8. The van der Waals surface area contributed by atoms with Gasteiger partial charge in [0.05, 0.1) is 0 Å². The number of hydrogen-bond donors (Lipinski definition) is 22. The van der Waals surface area contributed by atoms with Gasteiger partial charge in [-0.05, 0) is 0 Å². The number of carbonyl (C=O) groups is 14. The summed E-state index contributed by atoms with van der Waals surface area (Å²) in [4.78, 5) is 147. The van der Waals surface area contributed by atoms with Crippen LogP contribution in [0.1, 0.15) is 0 Å². The first-order valence-corrected chi connectivity index (χ1v) is 23.8. The van der Waals surface area contributed by atoms with Crippen LogP contribution in [0.15, 0.2) is 0 Å². The second kappa shape index (κ2) is 29.2. The summed E-state index contributed by atoms with van der Waals surface area (Å²) < 4.78 is 43.9. The maximum absolute atomic E-state index is 10.7. The highest BCUT2D eigenvalue weighted by Gasteiger charge is 2.60. The summed E-state index contributed by atoms with van der Waals surface area (Å²) in [5, 5.41) is 194. The lowest BCUT2D eigenvalue weighted by Crippen LogP contribution is -2.42. The van der Waals surface area contributed by atoms with Gasteiger partial charge in [0.2, 0.25) is 0 Å². The molecule has 10 saturated heterocycles. The minimum absolute atomic E-state index is 0.864. The van der Waals surface area contributed by atoms with Crippen LogP contribution < -0.4 is 0 Å². The molecule has 0 bridgehead atoms. The monoisotopic (exact) mass is 1290 g/mol. The highest BCUT2D eigenvalue weighted by atomic mass is 16.7. The van der Waals surface area contributed by atoms with Gasteiger partial charge < -0.3 is 160 Å². The van der Waals surface area contributed by atoms with Crippen molar-refractivity contribution in [1.29, 1.82) is 0 Å². The molecule has 0 aromatic heterocycles. The normalized spacial score (nSPS) is 39.7. The minimum atomic E-state index is -2.03. The third kappa shape index (κ3) is 15.6. The summed E-state index contributed by atoms with van der Waals surface area (Å²) in [5.41, 5.74) is 0. The molecule has 28 atom stereocenters. The number of ether oxygens (including phenoxy) is 10. The van der Waals surface area contributed by atoms with E-state index in [1.165, 1.54) is 0 Å². The maximum atomic E-state index is 10.7. The predicted molar refractivity (Wildman–Crippen MR) is 237 cm³/mol. The highest BCUT2D eigenvalue weighted by Crippen LogP contribution is 2.31. The van der Waals surface area contributed by atoms with Crippen LogP contribution in [0, 0.1) is 0 Å². The molecule has 0 saturated carbocycles. The molecule has 0 aromatic rings. The van der Waals surface area contributed by atoms with Gasteiger partial charge in [-0.25, -0.2) is 67.1 Å². The van der Waals surface area contributed by atoms with Gasteiger partial charge in [-0.15, -0.1) is 0 Å². The molecule has 0 spiro atoms. The Morgan fingerprint density at radius 2 is 0.341 bits per heavy atom. The molecule has 0 aromatic carbocycles. The predicted octanol–water partition coefficient (Wildman–Crippen LogP) is -19.0. The van der Waals surface area contributed by atoms with E-state index in [0.29, 0.717) is 0 Å². The zero-order chi connectivity index (χ0) is 67.3. The lowest BCUT2D eigenvalue weighted by atomic mass is 10.1. The summed E-state index contributed by atoms with van der Waals surface area (Å²) in [5.74, 6) is -16.3. The van der Waals surface area contributed by atoms with Crippen LogP contribution in [0.4, 0.5) is 0 Å². The summed E-state index contributed by atoms with van der Waals surface area (Å²) in [6, 6.07) is 0. The topological polar surface area (TPSA) is 776 Å². The third-order valence-electron chi connectivity index (χ3n) is 12.7. The molecule has 46 nitrogen and oxygen atoms in total. The SMILES string of the molecule is O=C1O[C@@H]([C@@H](O)C(=O)O)[C@@H](O)[C@@H]1O.O=C1O[C@@H]([C@@H](O)C(=O)O)[C@H](O)[C@@H]1O.O=C1O[C@@H]2[C@@H](OC(=O)[C@H]2O)[C@@H]1O.O=C1O[C@H]([C@@H](O)C(=O)O)[C@@H](O)[C@@H]1O.O=C1O[C@H]([C@H](O)C(=O)O)[C@@H](O)[C@@H]1O.O=C1O[C@H]2[C@H](OC(=O)[C@@H]2O)[C@@H]1O.O=C1O[C@H]2[C@H](OC(=O)[C@H]2O)[C@@H]1O. The van der Waals surface area contributed by atoms with Crippen molar-refractivity contribution in [3.8, 4) is 0 Å². The Balaban J connectivity index is 0.000000220. The van der Waals surface area contributed by atoms with Gasteiger partial charge in [0.25, 0.3) is 0 Å². The Bertz CT molecular complexity index is 2290. The fourth-order valence-corrected chi connectivity index (χ4v) is 7.83. The van der Waals surface area contributed by atoms with Gasteiger partial charge >= 0.3 is 83.6 Å². The van der Waals surface area contributed by atoms with Gasteiger partial charge in [-0.3, -0.25) is 0 Å². The number of esters is 10. The molecular weight excluding hydrogens is 1240 g/mol. The van der Waals surface area contributed by atoms with Crippen molar-refractivity contribution in [2.75, 3.05) is 0 Å². The first kappa shape index (κ1) is 72.3. The van der Waals surface area contributed by atoms with Crippen LogP contribution in [-0.4, -0.2) is 367 Å². The molecule has 0 radical (unpaired) electrons. The molecule has 10 rings (SSSR count). The lowest BCUT2D eigenvalue weighted by molar-refractivity contribution is -0.163. The van der Waals surface area contributed by atoms with E-state index in [9.17, 15) is 67.1 Å². The maximum Gasteiger partial charge on any atom is 0.339 e. The fraction of sp³-hybridized carbons (Fsp3) is 0.667. The molecule has 10 fully saturated rings. The van der Waals surface area contributed by atoms with Gasteiger partial charge in [-0.1, -0.05) is 0 Å². The number of carboxylic acid groups (broad SMARTS) is 4. The molecule has 10 aliphatic rings. The quantitative estimate of drug-likeness (QED) is 0.0793. The van der Waals surface area contributed by atoms with Crippen molar-refractivity contribution in [2.45, 2.75) is 171 Å². The van der Waals surface area contributed by atoms with Gasteiger partial charge in [-0.2, -0.15) is 0 Å². The Morgan fingerprint density at radius 1 is 0.227 bits per heavy atom. The molecule has 88 heavy (non-hydrogen) atoms. The number of hydrogen-bond acceptors (Lipinski definition) is 42. The summed E-state index contributed by atoms with van der Waals surface area (Å²) in [7, 11) is 0. The van der Waals surface area contributed by atoms with Gasteiger partial charge in [0, 0.05) is 0 Å². The number of carbonyl (C=O) groups excluding carboxylic acids is 10. The first-order chi connectivity index (χ1) is 40.6. The molecule has 10 aliphatic heterocycles. The molecule has 0 aliphatic carbocycles. The van der Waals surface area contributed by atoms with E-state index in [0.717, 1.165) is 0 Å². The molecule has 0 unspecified atom stereocenters. The molecule has 22 N–H and O–H groups in total. The van der Waals surface area contributed by atoms with Gasteiger partial charge in [0.1, 0.15) is 24.4 Å². The molecule has 10 heterocycles. The van der Waals surface area contributed by atoms with E-state index in [-0.39, 0.29) is 0 Å². The Kier molecular flexibility index (Phi) is 24.0. The lowest BCUT2D eigenvalue weighted by Gasteiger charge is -2.15. The summed E-state index contributed by atoms with van der Waals surface area (Å²) in [6.45, 7) is 0. The summed E-state index contributed by atoms with van der Waals surface area (Å²) >= 11 is 0. The van der Waals surface area contributed by atoms with Crippen LogP contribution >= 0.6 is 0 Å². The average molecular weight is 1290 g/mol. The molecule has 0 amide bonds. The zero-order valence-electron chi connectivity index (χ0n) is 42.8. The van der Waals surface area contributed by atoms with Crippen molar-refractivity contribution in [2.24, 2.45) is 0 Å². The first-order valence-electron chi connectivity index (χ1n) is 23.8. The van der Waals surface area contributed by atoms with Crippen molar-refractivity contribution in [3.63, 3.8) is 0 Å². The van der Waals surface area contributed by atoms with E-state index in [2.05, 4.69) is 47.4 Å². The van der Waals surface area contributed by atoms with E-state index < -0.39 is 254 Å². The van der Waals surface area contributed by atoms with E-state index in [4.69, 9.17) is 112 Å². The Morgan fingerprint density at radius 3 is 0.432 bits per heavy atom. The van der Waals surface area contributed by atoms with Crippen molar-refractivity contribution >= 4 is 83.6 Å². The summed E-state index contributed by atoms with van der Waals surface area (Å²) in [6.07, 6.45) is -43.6. The number of aliphatic carboxylic acids is 4. The van der Waals surface area contributed by atoms with Crippen LogP contribution in [0.5, 0.6) is 0 Å². The van der Waals surface area contributed by atoms with Crippen molar-refractivity contribution in [3.05, 3.63) is 0 Å². The molecule has 494 valence electrons. The number of aliphatic hydroxyl groups is 18. The largest absolute Gasteiger partial charge is 0.479 e. The second-order valence-electron chi connectivity index (χ2n) is 18.6. The number of aliphatic hydroxyl groups excluding tert-OH is 18. The van der Waals surface area contributed by atoms with Crippen LogP contribution in [0.25, 0.3) is 0 Å². The van der Waals surface area contributed by atoms with Crippen LogP contribution in [-0.2, 0) is 114 Å². The third-order valence-corrected chi connectivity index (χ3v) is 12.7. The second-order valence-corrected chi connectivity index (χ2v) is 18.6. The molecular formula is C42H50O46.